The highest BCUT2D eigenvalue weighted by molar-refractivity contribution is 5.87. The molecule has 0 radical (unpaired) electrons. The molecule has 0 aliphatic rings. The second-order valence-corrected chi connectivity index (χ2v) is 5.88. The van der Waals surface area contributed by atoms with Gasteiger partial charge >= 0.3 is 11.9 Å². The third-order valence-electron chi connectivity index (χ3n) is 3.27. The Balaban J connectivity index is 5.79. The van der Waals surface area contributed by atoms with Crippen LogP contribution >= 0.6 is 0 Å². The molecule has 0 heterocycles. The lowest BCUT2D eigenvalue weighted by atomic mass is 9.68. The minimum atomic E-state index is -1.49. The second-order valence-electron chi connectivity index (χ2n) is 5.88. The van der Waals surface area contributed by atoms with Gasteiger partial charge in [0.15, 0.2) is 5.41 Å². The van der Waals surface area contributed by atoms with Crippen LogP contribution < -0.4 is 0 Å². The van der Waals surface area contributed by atoms with E-state index in [1.807, 2.05) is 33.8 Å². The number of methoxy groups -OCH3 is 2. The van der Waals surface area contributed by atoms with E-state index < -0.39 is 23.3 Å². The molecule has 0 rings (SSSR count). The van der Waals surface area contributed by atoms with E-state index in [4.69, 9.17) is 9.47 Å². The molecule has 0 amide bonds. The number of carbonyl (C=O) groups is 2. The molecule has 0 aliphatic heterocycles. The number of nitrogens with zero attached hydrogens (tertiary/aromatic N) is 1. The van der Waals surface area contributed by atoms with Crippen LogP contribution in [0.3, 0.4) is 0 Å². The molecule has 0 spiro atoms. The molecule has 5 heteroatoms. The van der Waals surface area contributed by atoms with Gasteiger partial charge in [0, 0.05) is 0 Å². The first-order valence-corrected chi connectivity index (χ1v) is 6.82. The van der Waals surface area contributed by atoms with Crippen LogP contribution in [0.15, 0.2) is 0 Å². The van der Waals surface area contributed by atoms with Gasteiger partial charge in [-0.25, -0.2) is 0 Å². The van der Waals surface area contributed by atoms with Crippen LogP contribution in [0, 0.1) is 34.5 Å². The number of rotatable bonds is 7. The lowest BCUT2D eigenvalue weighted by molar-refractivity contribution is -0.164. The van der Waals surface area contributed by atoms with Crippen LogP contribution in [0.4, 0.5) is 0 Å². The maximum Gasteiger partial charge on any atom is 0.327 e. The molecule has 2 atom stereocenters. The highest BCUT2D eigenvalue weighted by atomic mass is 16.5. The Bertz CT molecular complexity index is 384. The largest absolute Gasteiger partial charge is 0.469 e. The topological polar surface area (TPSA) is 76.4 Å². The van der Waals surface area contributed by atoms with E-state index in [1.165, 1.54) is 14.2 Å². The van der Waals surface area contributed by atoms with Crippen molar-refractivity contribution >= 4 is 11.9 Å². The Labute approximate surface area is 121 Å². The molecule has 5 nitrogen and oxygen atoms in total. The zero-order valence-electron chi connectivity index (χ0n) is 13.2. The fraction of sp³-hybridized carbons (Fsp3) is 0.800. The Kier molecular flexibility index (Phi) is 7.26. The Morgan fingerprint density at radius 2 is 1.65 bits per heavy atom. The highest BCUT2D eigenvalue weighted by Crippen LogP contribution is 2.40. The number of nitriles is 1. The molecule has 114 valence electrons. The summed E-state index contributed by atoms with van der Waals surface area (Å²) in [6.07, 6.45) is 0.671. The van der Waals surface area contributed by atoms with Crippen molar-refractivity contribution in [2.45, 2.75) is 40.5 Å². The summed E-state index contributed by atoms with van der Waals surface area (Å²) in [6, 6.07) is 2.04. The Morgan fingerprint density at radius 3 is 1.95 bits per heavy atom. The van der Waals surface area contributed by atoms with Gasteiger partial charge in [-0.1, -0.05) is 27.7 Å². The number of hydrogen-bond donors (Lipinski definition) is 0. The molecule has 0 aromatic heterocycles. The van der Waals surface area contributed by atoms with Gasteiger partial charge in [0.05, 0.1) is 26.2 Å². The van der Waals surface area contributed by atoms with Gasteiger partial charge in [0.1, 0.15) is 0 Å². The van der Waals surface area contributed by atoms with E-state index in [-0.39, 0.29) is 18.3 Å². The number of esters is 2. The predicted molar refractivity (Wildman–Crippen MR) is 74.5 cm³/mol. The number of hydrogen-bond acceptors (Lipinski definition) is 5. The second kappa shape index (κ2) is 7.88. The minimum absolute atomic E-state index is 0.0769. The zero-order valence-corrected chi connectivity index (χ0v) is 13.2. The van der Waals surface area contributed by atoms with Crippen LogP contribution in [0.5, 0.6) is 0 Å². The summed E-state index contributed by atoms with van der Waals surface area (Å²) in [4.78, 5) is 24.3. The highest BCUT2D eigenvalue weighted by Gasteiger charge is 2.51. The van der Waals surface area contributed by atoms with E-state index >= 15 is 0 Å². The van der Waals surface area contributed by atoms with Gasteiger partial charge in [-0.3, -0.25) is 9.59 Å². The molecular weight excluding hydrogens is 258 g/mol. The van der Waals surface area contributed by atoms with Gasteiger partial charge in [0.25, 0.3) is 0 Å². The van der Waals surface area contributed by atoms with Crippen molar-refractivity contribution in [2.75, 3.05) is 14.2 Å². The smallest absolute Gasteiger partial charge is 0.327 e. The SMILES string of the molecule is COC(=O)C(CC(C)C)C(C#N)(CC(C)C)C(=O)OC. The molecule has 0 saturated carbocycles. The van der Waals surface area contributed by atoms with Crippen molar-refractivity contribution in [1.82, 2.24) is 0 Å². The maximum absolute atomic E-state index is 12.2. The lowest BCUT2D eigenvalue weighted by Crippen LogP contribution is -2.44. The van der Waals surface area contributed by atoms with Crippen LogP contribution in [-0.2, 0) is 19.1 Å². The predicted octanol–water partition coefficient (Wildman–Crippen LogP) is 2.55. The van der Waals surface area contributed by atoms with Crippen LogP contribution in [-0.4, -0.2) is 26.2 Å². The molecule has 0 aliphatic carbocycles. The Morgan fingerprint density at radius 1 is 1.10 bits per heavy atom. The van der Waals surface area contributed by atoms with E-state index in [0.717, 1.165) is 0 Å². The van der Waals surface area contributed by atoms with Crippen LogP contribution in [0.1, 0.15) is 40.5 Å². The zero-order chi connectivity index (χ0) is 15.9. The number of ether oxygens (including phenoxy) is 2. The van der Waals surface area contributed by atoms with Crippen molar-refractivity contribution in [2.24, 2.45) is 23.2 Å². The lowest BCUT2D eigenvalue weighted by Gasteiger charge is -2.33. The summed E-state index contributed by atoms with van der Waals surface area (Å²) in [6.45, 7) is 7.67. The average Bonchev–Trinajstić information content (AvgIpc) is 2.40. The third-order valence-corrected chi connectivity index (χ3v) is 3.27. The molecule has 2 unspecified atom stereocenters. The summed E-state index contributed by atoms with van der Waals surface area (Å²) in [5.74, 6) is -1.78. The van der Waals surface area contributed by atoms with Crippen molar-refractivity contribution < 1.29 is 19.1 Å². The van der Waals surface area contributed by atoms with Crippen molar-refractivity contribution in [3.8, 4) is 6.07 Å². The monoisotopic (exact) mass is 283 g/mol. The molecule has 0 saturated heterocycles. The summed E-state index contributed by atoms with van der Waals surface area (Å²) in [7, 11) is 2.50. The molecule has 0 aromatic rings. The molecule has 20 heavy (non-hydrogen) atoms. The summed E-state index contributed by atoms with van der Waals surface area (Å²) in [5.41, 5.74) is -1.49. The third kappa shape index (κ3) is 4.22. The molecule has 0 bridgehead atoms. The van der Waals surface area contributed by atoms with E-state index in [0.29, 0.717) is 6.42 Å². The summed E-state index contributed by atoms with van der Waals surface area (Å²) >= 11 is 0. The normalized spacial score (nSPS) is 15.3. The molecular formula is C15H25NO4. The van der Waals surface area contributed by atoms with E-state index in [1.54, 1.807) is 0 Å². The minimum Gasteiger partial charge on any atom is -0.469 e. The Hall–Kier alpha value is -1.57. The van der Waals surface area contributed by atoms with Crippen molar-refractivity contribution in [1.29, 1.82) is 5.26 Å². The average molecular weight is 283 g/mol. The first-order chi connectivity index (χ1) is 9.24. The quantitative estimate of drug-likeness (QED) is 0.671. The first-order valence-electron chi connectivity index (χ1n) is 6.82. The van der Waals surface area contributed by atoms with E-state index in [2.05, 4.69) is 0 Å². The van der Waals surface area contributed by atoms with Crippen LogP contribution in [0.25, 0.3) is 0 Å². The summed E-state index contributed by atoms with van der Waals surface area (Å²) in [5, 5.41) is 9.60. The standard InChI is InChI=1S/C15H25NO4/c1-10(2)7-12(13(17)19-5)15(9-16,8-11(3)4)14(18)20-6/h10-12H,7-8H2,1-6H3. The first kappa shape index (κ1) is 18.4. The molecule has 0 fully saturated rings. The van der Waals surface area contributed by atoms with E-state index in [9.17, 15) is 14.9 Å². The molecule has 0 N–H and O–H groups in total. The number of carbonyl (C=O) groups excluding carboxylic acids is 2. The van der Waals surface area contributed by atoms with Gasteiger partial charge in [-0.2, -0.15) is 5.26 Å². The fourth-order valence-electron chi connectivity index (χ4n) is 2.48. The molecule has 0 aromatic carbocycles. The van der Waals surface area contributed by atoms with Gasteiger partial charge < -0.3 is 9.47 Å². The van der Waals surface area contributed by atoms with Crippen molar-refractivity contribution in [3.05, 3.63) is 0 Å². The van der Waals surface area contributed by atoms with Crippen LogP contribution in [0.2, 0.25) is 0 Å². The van der Waals surface area contributed by atoms with Gasteiger partial charge in [0.2, 0.25) is 0 Å². The summed E-state index contributed by atoms with van der Waals surface area (Å²) < 4.78 is 9.59. The maximum atomic E-state index is 12.2. The van der Waals surface area contributed by atoms with Gasteiger partial charge in [-0.05, 0) is 24.7 Å². The van der Waals surface area contributed by atoms with Gasteiger partial charge in [-0.15, -0.1) is 0 Å². The fourth-order valence-corrected chi connectivity index (χ4v) is 2.48. The van der Waals surface area contributed by atoms with Crippen molar-refractivity contribution in [3.63, 3.8) is 0 Å².